The normalized spacial score (nSPS) is 12.9. The third-order valence-corrected chi connectivity index (χ3v) is 20.6. The van der Waals surface area contributed by atoms with Crippen LogP contribution < -0.4 is 9.47 Å². The number of hydrogen-bond donors (Lipinski definition) is 0. The second-order valence-electron chi connectivity index (χ2n) is 28.3. The molecule has 3 aromatic rings. The summed E-state index contributed by atoms with van der Waals surface area (Å²) in [7, 11) is 0.923. The molecule has 0 fully saturated rings. The van der Waals surface area contributed by atoms with Gasteiger partial charge in [0.25, 0.3) is 8.53 Å². The maximum absolute atomic E-state index is 14.1. The summed E-state index contributed by atoms with van der Waals surface area (Å²) in [5, 5.41) is 8.95. The minimum Gasteiger partial charge on any atom is -0.497 e. The lowest BCUT2D eigenvalue weighted by Gasteiger charge is -2.36. The number of rotatable bonds is 52. The van der Waals surface area contributed by atoms with E-state index < -0.39 is 286 Å². The summed E-state index contributed by atoms with van der Waals surface area (Å²) >= 11 is 0. The maximum Gasteiger partial charge on any atom is 0.471 e. The number of amides is 8. The van der Waals surface area contributed by atoms with Gasteiger partial charge in [0.05, 0.1) is 46.5 Å². The molecule has 0 aliphatic carbocycles. The van der Waals surface area contributed by atoms with Gasteiger partial charge < -0.3 is 62.5 Å². The van der Waals surface area contributed by atoms with E-state index in [0.29, 0.717) is 28.2 Å². The number of halogens is 24. The summed E-state index contributed by atoms with van der Waals surface area (Å²) in [6, 6.07) is 23.1. The molecule has 1 unspecified atom stereocenters. The molecule has 0 saturated carbocycles. The molecule has 1 atom stereocenters. The fourth-order valence-electron chi connectivity index (χ4n) is 12.8. The molecule has 0 aromatic heterocycles. The van der Waals surface area contributed by atoms with Gasteiger partial charge in [-0.1, -0.05) is 54.6 Å². The zero-order chi connectivity index (χ0) is 94.0. The number of nitriles is 1. The van der Waals surface area contributed by atoms with Crippen LogP contribution in [-0.2, 0) is 57.7 Å². The van der Waals surface area contributed by atoms with Crippen molar-refractivity contribution >= 4 is 55.8 Å². The van der Waals surface area contributed by atoms with E-state index in [-0.39, 0.29) is 83.8 Å². The van der Waals surface area contributed by atoms with Gasteiger partial charge >= 0.3 is 96.7 Å². The van der Waals surface area contributed by atoms with Gasteiger partial charge in [-0.25, -0.2) is 4.67 Å². The Bertz CT molecular complexity index is 3780. The fourth-order valence-corrected chi connectivity index (χ4v) is 14.5. The number of hydrogen-bond acceptors (Lipinski definition) is 15. The molecule has 0 saturated heterocycles. The van der Waals surface area contributed by atoms with E-state index in [1.165, 1.54) is 14.2 Å². The highest BCUT2D eigenvalue weighted by molar-refractivity contribution is 7.44. The van der Waals surface area contributed by atoms with E-state index in [1.54, 1.807) is 111 Å². The van der Waals surface area contributed by atoms with E-state index in [0.717, 1.165) is 0 Å². The molecule has 23 nitrogen and oxygen atoms in total. The van der Waals surface area contributed by atoms with Gasteiger partial charge in [0, 0.05) is 117 Å². The number of nitrogens with zero attached hydrogens (tertiary/aromatic N) is 10. The van der Waals surface area contributed by atoms with E-state index in [1.807, 2.05) is 6.07 Å². The minimum absolute atomic E-state index is 0.0423. The van der Waals surface area contributed by atoms with Gasteiger partial charge in [-0.15, -0.1) is 0 Å². The first kappa shape index (κ1) is 109. The monoisotopic (exact) mass is 1840 g/mol. The summed E-state index contributed by atoms with van der Waals surface area (Å²) in [4.78, 5) is 101. The lowest BCUT2D eigenvalue weighted by molar-refractivity contribution is -0.187. The summed E-state index contributed by atoms with van der Waals surface area (Å²) in [6.45, 7) is -10.3. The number of unbranched alkanes of at least 4 members (excludes halogenated alkanes) is 3. The largest absolute Gasteiger partial charge is 0.497 e. The summed E-state index contributed by atoms with van der Waals surface area (Å²) in [6.07, 6.45) is -54.2. The van der Waals surface area contributed by atoms with Gasteiger partial charge in [0.15, 0.2) is 0 Å². The first-order valence-corrected chi connectivity index (χ1v) is 39.7. The number of methoxy groups -OCH3 is 2. The summed E-state index contributed by atoms with van der Waals surface area (Å²) in [5.41, 5.74) is 0.0164. The molecule has 3 aromatic carbocycles. The molecular weight excluding hydrogens is 1750 g/mol. The third-order valence-electron chi connectivity index (χ3n) is 18.5. The molecule has 8 amide bonds. The predicted molar refractivity (Wildman–Crippen MR) is 396 cm³/mol. The highest BCUT2D eigenvalue weighted by Gasteiger charge is 2.50. The fraction of sp³-hybridized carbons (Fsp3) is 0.645. The molecule has 0 aliphatic heterocycles. The van der Waals surface area contributed by atoms with Gasteiger partial charge in [-0.2, -0.15) is 111 Å². The molecule has 3 rings (SSSR count). The van der Waals surface area contributed by atoms with Crippen molar-refractivity contribution in [2.24, 2.45) is 0 Å². The Morgan fingerprint density at radius 2 is 0.516 bits per heavy atom. The van der Waals surface area contributed by atoms with Crippen LogP contribution in [0.2, 0.25) is 0 Å². The molecule has 124 heavy (non-hydrogen) atoms. The predicted octanol–water partition coefficient (Wildman–Crippen LogP) is 15.1. The molecule has 0 bridgehead atoms. The first-order valence-electron chi connectivity index (χ1n) is 38.6. The van der Waals surface area contributed by atoms with Crippen LogP contribution in [0.1, 0.15) is 128 Å². The number of ether oxygens (including phenoxy) is 3. The summed E-state index contributed by atoms with van der Waals surface area (Å²) in [5.74, 6) is -20.0. The average molecular weight is 1850 g/mol. The highest BCUT2D eigenvalue weighted by Crippen LogP contribution is 2.47. The van der Waals surface area contributed by atoms with Crippen molar-refractivity contribution in [3.05, 3.63) is 95.6 Å². The molecule has 0 radical (unpaired) electrons. The Morgan fingerprint density at radius 3 is 0.734 bits per heavy atom. The zero-order valence-electron chi connectivity index (χ0n) is 68.1. The Labute approximate surface area is 700 Å². The van der Waals surface area contributed by atoms with Crippen LogP contribution in [0.3, 0.4) is 0 Å². The van der Waals surface area contributed by atoms with Gasteiger partial charge in [-0.3, -0.25) is 38.4 Å². The lowest BCUT2D eigenvalue weighted by atomic mass is 9.80. The van der Waals surface area contributed by atoms with Gasteiger partial charge in [-0.05, 0) is 146 Å². The quantitative estimate of drug-likeness (QED) is 0.0221. The number of alkyl halides is 24. The SMILES string of the molecule is COc1ccc(C(OCCCN(CCCN(CCCCN(CCCN(CCCCN(CCCN(CCCCN(CCCN(CCCOP(OCCC#N)N(C(C)C)C(C)C)C(=O)C(F)(F)F)C(=O)C(F)(F)F)C(=O)C(F)(F)F)C(=O)C(F)(F)F)C(=O)C(F)(F)F)C(=O)C(F)(F)F)C(=O)C(F)(F)F)C(=O)C(F)(F)F)(c2ccccc2)c2ccc(OC)cc2)cc1. The first-order chi connectivity index (χ1) is 57.5. The summed E-state index contributed by atoms with van der Waals surface area (Å²) < 4.78 is 365. The molecule has 0 spiro atoms. The standard InChI is InChI=1S/C76H97F24N10O13P/c1-53(2)110(54(3)4)124(122-51-16-33-101)123-52-22-49-109(67(118)76(98,99)100)47-20-45-107(65(116)74(92,93)94)39-15-13-37-105(63(114)72(86,87)88)43-18-41-103(61(112)70(80,81)82)35-11-10-34-102(60(111)69(77,78)79)40-17-42-104(62(113)71(83,84)85)36-12-14-38-106(64(115)73(89,90)91)44-19-46-108(66(117)75(95,96)97)48-21-50-121-68(55-23-8-7-9-24-55,56-25-29-58(119-5)30-26-56)57-27-31-59(120-6)32-28-57/h7-9,23-32,53-54H,10-22,34-52H2,1-6H3. The molecular formula is C76H97F24N10O13P. The third kappa shape index (κ3) is 36.2. The highest BCUT2D eigenvalue weighted by atomic mass is 31.2. The van der Waals surface area contributed by atoms with Crippen LogP contribution in [0.15, 0.2) is 78.9 Å². The second kappa shape index (κ2) is 49.9. The Kier molecular flexibility index (Phi) is 43.9. The van der Waals surface area contributed by atoms with Gasteiger partial charge in [0.2, 0.25) is 0 Å². The van der Waals surface area contributed by atoms with Crippen molar-refractivity contribution in [2.45, 2.75) is 178 Å². The number of benzene rings is 3. The lowest BCUT2D eigenvalue weighted by Crippen LogP contribution is -2.46. The molecule has 48 heteroatoms. The van der Waals surface area contributed by atoms with E-state index in [2.05, 4.69) is 0 Å². The molecule has 0 heterocycles. The Hall–Kier alpha value is -8.90. The van der Waals surface area contributed by atoms with Crippen molar-refractivity contribution in [1.29, 1.82) is 5.26 Å². The zero-order valence-corrected chi connectivity index (χ0v) is 69.0. The Morgan fingerprint density at radius 1 is 0.306 bits per heavy atom. The van der Waals surface area contributed by atoms with Crippen molar-refractivity contribution in [3.8, 4) is 17.6 Å². The smallest absolute Gasteiger partial charge is 0.471 e. The van der Waals surface area contributed by atoms with Crippen molar-refractivity contribution in [3.63, 3.8) is 0 Å². The number of carbonyl (C=O) groups is 8. The van der Waals surface area contributed by atoms with E-state index in [9.17, 15) is 144 Å². The minimum atomic E-state index is -5.79. The van der Waals surface area contributed by atoms with Crippen LogP contribution in [0.4, 0.5) is 105 Å². The van der Waals surface area contributed by atoms with Crippen LogP contribution in [0.25, 0.3) is 0 Å². The van der Waals surface area contributed by atoms with Crippen LogP contribution in [0, 0.1) is 11.3 Å². The Balaban J connectivity index is 1.73. The van der Waals surface area contributed by atoms with Crippen molar-refractivity contribution < 1.29 is 167 Å². The number of carbonyl (C=O) groups excluding carboxylic acids is 8. The maximum atomic E-state index is 14.1. The molecule has 702 valence electrons. The molecule has 0 aliphatic rings. The average Bonchev–Trinajstić information content (AvgIpc) is 0.752. The molecule has 0 N–H and O–H groups in total. The second-order valence-corrected chi connectivity index (χ2v) is 29.7. The van der Waals surface area contributed by atoms with E-state index >= 15 is 0 Å². The topological polar surface area (TPSA) is 236 Å². The van der Waals surface area contributed by atoms with Crippen LogP contribution in [0.5, 0.6) is 11.5 Å². The van der Waals surface area contributed by atoms with Crippen molar-refractivity contribution in [2.75, 3.05) is 139 Å². The van der Waals surface area contributed by atoms with Gasteiger partial charge in [0.1, 0.15) is 17.1 Å². The van der Waals surface area contributed by atoms with E-state index in [4.69, 9.17) is 28.5 Å². The van der Waals surface area contributed by atoms with Crippen LogP contribution >= 0.6 is 8.53 Å². The van der Waals surface area contributed by atoms with Crippen molar-refractivity contribution in [1.82, 2.24) is 43.9 Å². The van der Waals surface area contributed by atoms with Crippen LogP contribution in [-0.4, -0.2) is 291 Å².